The first-order valence-corrected chi connectivity index (χ1v) is 51.8. The molecule has 18 rings (SSSR count). The summed E-state index contributed by atoms with van der Waals surface area (Å²) in [6.07, 6.45) is 23.9. The molecule has 5 heterocycles. The van der Waals surface area contributed by atoms with Crippen LogP contribution in [0.2, 0.25) is 0 Å². The predicted octanol–water partition coefficient (Wildman–Crippen LogP) is 26.5. The summed E-state index contributed by atoms with van der Waals surface area (Å²) in [6.45, 7) is 40.7. The number of rotatable bonds is 25. The van der Waals surface area contributed by atoms with E-state index < -0.39 is 11.0 Å². The first-order valence-electron chi connectivity index (χ1n) is 51.8. The Morgan fingerprint density at radius 3 is 1.33 bits per heavy atom. The molecule has 0 spiro atoms. The first-order chi connectivity index (χ1) is 68.5. The SMILES string of the molecule is C1CCOC1.C=CC(=O)CCc1ccccc1.C=CC(O)CCc1ccccc1.CC(C)(C)OC(=O)N1CC=C2[C@@](C)(CCC(=O)[C@@]2(C)Cc2ccccc2)C1.CC1CN(Cc2ccccc2)CCC1=N[C@@H](C)c1ccccc1.C[C@@]12CCC(=O)C(Cc3ccccc3)=C1CCN(Cc1ccccc1)C2.C[C@@]12CCC(=O)[C@@](C)(Cc3ccccc3)C1=CCN(Cc1ccccc1)C2.O=CCCc1ccccc1. The lowest BCUT2D eigenvalue weighted by molar-refractivity contribution is -0.130. The lowest BCUT2D eigenvalue weighted by Crippen LogP contribution is -2.53. The Hall–Kier alpha value is -12.0. The molecule has 0 aromatic heterocycles. The van der Waals surface area contributed by atoms with Crippen LogP contribution >= 0.6 is 0 Å². The van der Waals surface area contributed by atoms with Crippen molar-refractivity contribution in [3.05, 3.63) is 419 Å². The van der Waals surface area contributed by atoms with Crippen molar-refractivity contribution in [1.82, 2.24) is 19.6 Å². The van der Waals surface area contributed by atoms with E-state index >= 15 is 0 Å². The zero-order chi connectivity index (χ0) is 101. The number of fused-ring (bicyclic) bond motifs is 3. The zero-order valence-corrected chi connectivity index (χ0v) is 86.5. The molecule has 10 aromatic carbocycles. The number of Topliss-reactive ketones (excluding diaryl/α,β-unsaturated/α-hetero) is 3. The summed E-state index contributed by atoms with van der Waals surface area (Å²) in [5.41, 5.74) is 18.0. The van der Waals surface area contributed by atoms with Crippen molar-refractivity contribution in [2.45, 2.75) is 229 Å². The average Bonchev–Trinajstić information content (AvgIpc) is 0.974. The maximum absolute atomic E-state index is 13.0. The molecule has 5 fully saturated rings. The number of ketones is 4. The van der Waals surface area contributed by atoms with Crippen LogP contribution in [0.25, 0.3) is 0 Å². The molecule has 0 radical (unpaired) electrons. The van der Waals surface area contributed by atoms with Crippen LogP contribution in [-0.4, -0.2) is 143 Å². The fourth-order valence-corrected chi connectivity index (χ4v) is 21.3. The summed E-state index contributed by atoms with van der Waals surface area (Å²) in [5.74, 6) is 1.74. The molecule has 5 aliphatic heterocycles. The van der Waals surface area contributed by atoms with Crippen LogP contribution in [0.1, 0.15) is 214 Å². The molecule has 0 bridgehead atoms. The van der Waals surface area contributed by atoms with Gasteiger partial charge in [-0.15, -0.1) is 6.58 Å². The summed E-state index contributed by atoms with van der Waals surface area (Å²) in [7, 11) is 0. The number of likely N-dealkylation sites (tertiary alicyclic amines) is 2. The third-order valence-corrected chi connectivity index (χ3v) is 28.9. The van der Waals surface area contributed by atoms with Crippen LogP contribution in [0.5, 0.6) is 0 Å². The number of hydrogen-bond acceptors (Lipinski definition) is 13. The maximum Gasteiger partial charge on any atom is 0.410 e. The van der Waals surface area contributed by atoms with E-state index in [0.29, 0.717) is 74.9 Å². The predicted molar refractivity (Wildman–Crippen MR) is 582 cm³/mol. The van der Waals surface area contributed by atoms with Gasteiger partial charge in [-0.2, -0.15) is 0 Å². The largest absolute Gasteiger partial charge is 0.444 e. The van der Waals surface area contributed by atoms with Gasteiger partial charge in [0.1, 0.15) is 23.5 Å². The molecule has 142 heavy (non-hydrogen) atoms. The smallest absolute Gasteiger partial charge is 0.410 e. The highest BCUT2D eigenvalue weighted by Gasteiger charge is 2.53. The Labute approximate surface area is 849 Å². The second-order valence-corrected chi connectivity index (χ2v) is 41.8. The van der Waals surface area contributed by atoms with Crippen molar-refractivity contribution >= 4 is 41.2 Å². The van der Waals surface area contributed by atoms with Crippen LogP contribution in [0.15, 0.2) is 368 Å². The Kier molecular flexibility index (Phi) is 43.2. The number of hydrogen-bond donors (Lipinski definition) is 1. The van der Waals surface area contributed by atoms with Gasteiger partial charge in [-0.25, -0.2) is 4.79 Å². The molecule has 3 saturated heterocycles. The fourth-order valence-electron chi connectivity index (χ4n) is 21.3. The van der Waals surface area contributed by atoms with E-state index in [0.717, 1.165) is 155 Å². The Bertz CT molecular complexity index is 5690. The highest BCUT2D eigenvalue weighted by Crippen LogP contribution is 2.55. The van der Waals surface area contributed by atoms with Crippen LogP contribution in [0, 0.1) is 33.0 Å². The van der Waals surface area contributed by atoms with E-state index in [1.807, 2.05) is 130 Å². The minimum atomic E-state index is -0.508. The first kappa shape index (κ1) is 110. The fraction of sp³-hybridized carbons (Fsp3) is 0.398. The summed E-state index contributed by atoms with van der Waals surface area (Å²) in [6, 6.07) is 104. The topological polar surface area (TPSA) is 166 Å². The molecule has 748 valence electrons. The van der Waals surface area contributed by atoms with Gasteiger partial charge in [0.05, 0.1) is 23.0 Å². The summed E-state index contributed by atoms with van der Waals surface area (Å²) in [5, 5.41) is 9.20. The van der Waals surface area contributed by atoms with E-state index in [-0.39, 0.29) is 45.7 Å². The molecular formula is C128H157N5O9. The third-order valence-electron chi connectivity index (χ3n) is 28.9. The number of allylic oxidation sites excluding steroid dienone is 2. The number of aliphatic hydroxyl groups excluding tert-OH is 1. The number of nitrogens with zero attached hydrogens (tertiary/aromatic N) is 5. The van der Waals surface area contributed by atoms with Gasteiger partial charge in [0, 0.05) is 152 Å². The number of piperidine rings is 2. The standard InChI is InChI=1S/C25H29NO.C24H27NO.C23H31NO3.C21H26N2.C11H14O.C11H12O.C9H10O.C4H8O/c1-24-15-13-23(27)25(2,17-20-9-5-3-6-10-20)22(24)14-16-26(19-24)18-21-11-7-4-8-12-21;1-24-14-12-23(26)21(16-19-8-4-2-5-9-19)22(24)13-15-25(18-24)17-20-10-6-3-7-11-20;1-21(2,3)27-20(26)24-14-12-18-22(4,16-24)13-11-19(25)23(18,5)15-17-9-7-6-8-10-17;1-17-15-23(16-19-9-5-3-6-10-19)14-13-21(17)22-18(2)20-11-7-4-8-12-20;2*1-2-11(12)9-8-10-6-4-3-5-7-10;10-8-4-7-9-5-2-1-3-6-9;1-2-4-5-3-1/h3-12,14H,13,15-19H2,1-2H3;2-11H,12-18H2,1H3;6-10,12H,11,13-16H2,1-5H3;3-12,17-18H,13-16H2,1-2H3;2-7,11-12H,1,8-9H2;2-7H,1,8-9H2;1-3,5-6,8H,4,7H2;1-4H2/t24-,25-;24-;22-,23-;17?,18-;;;;/m0000..../s1. The molecule has 3 aliphatic carbocycles. The van der Waals surface area contributed by atoms with Crippen molar-refractivity contribution in [3.63, 3.8) is 0 Å². The lowest BCUT2D eigenvalue weighted by Gasteiger charge is -2.51. The van der Waals surface area contributed by atoms with Gasteiger partial charge in [0.2, 0.25) is 0 Å². The maximum atomic E-state index is 13.0. The average molecular weight is 1910 g/mol. The number of amides is 1. The van der Waals surface area contributed by atoms with Crippen LogP contribution in [0.3, 0.4) is 0 Å². The molecule has 2 saturated carbocycles. The van der Waals surface area contributed by atoms with E-state index in [9.17, 15) is 33.9 Å². The number of carbonyl (C=O) groups excluding carboxylic acids is 6. The van der Waals surface area contributed by atoms with E-state index in [2.05, 4.69) is 283 Å². The zero-order valence-electron chi connectivity index (χ0n) is 86.5. The van der Waals surface area contributed by atoms with Gasteiger partial charge in [0.25, 0.3) is 0 Å². The second kappa shape index (κ2) is 55.6. The van der Waals surface area contributed by atoms with Crippen molar-refractivity contribution in [2.75, 3.05) is 65.6 Å². The second-order valence-electron chi connectivity index (χ2n) is 41.8. The van der Waals surface area contributed by atoms with E-state index in [1.54, 1.807) is 11.0 Å². The monoisotopic (exact) mass is 1910 g/mol. The Balaban J connectivity index is 0.000000161. The highest BCUT2D eigenvalue weighted by atomic mass is 16.6. The minimum Gasteiger partial charge on any atom is -0.444 e. The number of aliphatic imine (C=N–C) groups is 1. The normalized spacial score (nSPS) is 22.1. The Morgan fingerprint density at radius 2 is 0.887 bits per heavy atom. The van der Waals surface area contributed by atoms with Gasteiger partial charge >= 0.3 is 6.09 Å². The van der Waals surface area contributed by atoms with Crippen molar-refractivity contribution in [3.8, 4) is 0 Å². The van der Waals surface area contributed by atoms with Crippen LogP contribution in [0.4, 0.5) is 4.79 Å². The van der Waals surface area contributed by atoms with Crippen LogP contribution < -0.4 is 0 Å². The number of aldehydes is 1. The summed E-state index contributed by atoms with van der Waals surface area (Å²) in [4.78, 5) is 86.5. The third kappa shape index (κ3) is 34.4. The molecular weight excluding hydrogens is 1750 g/mol. The molecule has 8 atom stereocenters. The summed E-state index contributed by atoms with van der Waals surface area (Å²) >= 11 is 0. The lowest BCUT2D eigenvalue weighted by atomic mass is 9.56. The van der Waals surface area contributed by atoms with Gasteiger partial charge in [-0.1, -0.05) is 373 Å². The van der Waals surface area contributed by atoms with Gasteiger partial charge in [-0.3, -0.25) is 38.9 Å². The minimum absolute atomic E-state index is 0.0878. The number of ether oxygens (including phenoxy) is 2. The van der Waals surface area contributed by atoms with Crippen molar-refractivity contribution in [2.24, 2.45) is 38.0 Å². The molecule has 2 unspecified atom stereocenters. The van der Waals surface area contributed by atoms with E-state index in [1.165, 1.54) is 97.0 Å². The number of carbonyl (C=O) groups is 6. The van der Waals surface area contributed by atoms with Crippen molar-refractivity contribution < 1.29 is 43.3 Å². The quantitative estimate of drug-likeness (QED) is 0.0327. The molecule has 8 aliphatic rings. The molecule has 10 aromatic rings. The molecule has 1 amide bonds. The molecule has 14 nitrogen and oxygen atoms in total. The van der Waals surface area contributed by atoms with Gasteiger partial charge in [-0.05, 0) is 192 Å². The van der Waals surface area contributed by atoms with E-state index in [4.69, 9.17) is 14.5 Å². The summed E-state index contributed by atoms with van der Waals surface area (Å²) < 4.78 is 10.5. The number of aryl methyl sites for hydroxylation is 3. The number of aliphatic hydroxyl groups is 1. The van der Waals surface area contributed by atoms with Crippen molar-refractivity contribution in [1.29, 1.82) is 0 Å². The van der Waals surface area contributed by atoms with Gasteiger partial charge in [0.15, 0.2) is 11.6 Å². The Morgan fingerprint density at radius 1 is 0.486 bits per heavy atom. The molecule has 1 N–H and O–H groups in total. The van der Waals surface area contributed by atoms with Crippen LogP contribution in [-0.2, 0) is 91.6 Å². The molecule has 14 heteroatoms. The number of benzene rings is 10. The van der Waals surface area contributed by atoms with Gasteiger partial charge < -0.3 is 24.3 Å². The highest BCUT2D eigenvalue weighted by molar-refractivity contribution is 5.98.